The van der Waals surface area contributed by atoms with Crippen molar-refractivity contribution in [3.63, 3.8) is 0 Å². The van der Waals surface area contributed by atoms with E-state index in [-0.39, 0.29) is 12.7 Å². The molecule has 0 saturated carbocycles. The van der Waals surface area contributed by atoms with Crippen molar-refractivity contribution < 1.29 is 9.84 Å². The number of morpholine rings is 1. The van der Waals surface area contributed by atoms with Crippen LogP contribution >= 0.6 is 0 Å². The lowest BCUT2D eigenvalue weighted by molar-refractivity contribution is -0.0102. The van der Waals surface area contributed by atoms with Crippen molar-refractivity contribution >= 4 is 16.5 Å². The Balaban J connectivity index is 2.07. The van der Waals surface area contributed by atoms with Crippen LogP contribution in [0.3, 0.4) is 0 Å². The van der Waals surface area contributed by atoms with Crippen LogP contribution in [0.4, 0.5) is 5.69 Å². The number of aliphatic hydroxyl groups excluding tert-OH is 1. The standard InChI is InChI=1S/C17H22N2O2/c1-12-11-21-14(10-20)9-19(12)17-7-6-13(8-18)15-4-2-3-5-16(15)17/h2-7,12,14,20H,8-11,18H2,1H3. The molecule has 1 saturated heterocycles. The number of anilines is 1. The van der Waals surface area contributed by atoms with Crippen LogP contribution in [0.5, 0.6) is 0 Å². The van der Waals surface area contributed by atoms with Gasteiger partial charge in [0.2, 0.25) is 0 Å². The molecule has 1 fully saturated rings. The Morgan fingerprint density at radius 2 is 2.00 bits per heavy atom. The monoisotopic (exact) mass is 286 g/mol. The molecule has 0 spiro atoms. The van der Waals surface area contributed by atoms with Gasteiger partial charge in [-0.2, -0.15) is 0 Å². The minimum Gasteiger partial charge on any atom is -0.394 e. The molecule has 21 heavy (non-hydrogen) atoms. The summed E-state index contributed by atoms with van der Waals surface area (Å²) in [6.07, 6.45) is -0.117. The zero-order valence-electron chi connectivity index (χ0n) is 12.3. The molecule has 1 aliphatic rings. The van der Waals surface area contributed by atoms with Gasteiger partial charge in [0.25, 0.3) is 0 Å². The van der Waals surface area contributed by atoms with Gasteiger partial charge in [0, 0.05) is 30.2 Å². The third-order valence-electron chi connectivity index (χ3n) is 4.23. The molecule has 0 aromatic heterocycles. The first kappa shape index (κ1) is 14.3. The van der Waals surface area contributed by atoms with Gasteiger partial charge in [0.05, 0.1) is 19.3 Å². The molecule has 0 aliphatic carbocycles. The highest BCUT2D eigenvalue weighted by Crippen LogP contribution is 2.32. The number of rotatable bonds is 3. The second kappa shape index (κ2) is 6.02. The van der Waals surface area contributed by atoms with Crippen molar-refractivity contribution in [2.24, 2.45) is 5.73 Å². The lowest BCUT2D eigenvalue weighted by Gasteiger charge is -2.39. The molecular weight excluding hydrogens is 264 g/mol. The fraction of sp³-hybridized carbons (Fsp3) is 0.412. The van der Waals surface area contributed by atoms with Crippen LogP contribution in [-0.2, 0) is 11.3 Å². The second-order valence-electron chi connectivity index (χ2n) is 5.63. The molecule has 0 radical (unpaired) electrons. The van der Waals surface area contributed by atoms with E-state index in [0.29, 0.717) is 25.7 Å². The molecule has 3 N–H and O–H groups in total. The molecule has 0 bridgehead atoms. The number of nitrogens with zero attached hydrogens (tertiary/aromatic N) is 1. The highest BCUT2D eigenvalue weighted by molar-refractivity contribution is 5.96. The van der Waals surface area contributed by atoms with Crippen molar-refractivity contribution in [2.75, 3.05) is 24.7 Å². The van der Waals surface area contributed by atoms with E-state index in [2.05, 4.69) is 42.2 Å². The number of hydrogen-bond acceptors (Lipinski definition) is 4. The van der Waals surface area contributed by atoms with Crippen LogP contribution in [0, 0.1) is 0 Å². The summed E-state index contributed by atoms with van der Waals surface area (Å²) in [5.74, 6) is 0. The quantitative estimate of drug-likeness (QED) is 0.904. The van der Waals surface area contributed by atoms with E-state index in [0.717, 1.165) is 5.56 Å². The molecule has 2 atom stereocenters. The number of fused-ring (bicyclic) bond motifs is 1. The van der Waals surface area contributed by atoms with Crippen LogP contribution in [0.1, 0.15) is 12.5 Å². The maximum absolute atomic E-state index is 9.37. The summed E-state index contributed by atoms with van der Waals surface area (Å²) >= 11 is 0. The van der Waals surface area contributed by atoms with Crippen LogP contribution < -0.4 is 10.6 Å². The number of hydrogen-bond donors (Lipinski definition) is 2. The summed E-state index contributed by atoms with van der Waals surface area (Å²) in [5.41, 5.74) is 8.20. The fourth-order valence-electron chi connectivity index (χ4n) is 3.04. The van der Waals surface area contributed by atoms with Gasteiger partial charge in [-0.25, -0.2) is 0 Å². The average molecular weight is 286 g/mol. The zero-order valence-corrected chi connectivity index (χ0v) is 12.3. The van der Waals surface area contributed by atoms with Crippen LogP contribution in [0.2, 0.25) is 0 Å². The summed E-state index contributed by atoms with van der Waals surface area (Å²) in [6.45, 7) is 4.10. The van der Waals surface area contributed by atoms with Crippen LogP contribution in [-0.4, -0.2) is 37.0 Å². The van der Waals surface area contributed by atoms with Crippen molar-refractivity contribution in [3.8, 4) is 0 Å². The van der Waals surface area contributed by atoms with Crippen LogP contribution in [0.15, 0.2) is 36.4 Å². The van der Waals surface area contributed by atoms with Gasteiger partial charge in [-0.1, -0.05) is 30.3 Å². The predicted octanol–water partition coefficient (Wildman–Crippen LogP) is 1.88. The normalized spacial score (nSPS) is 22.7. The molecular formula is C17H22N2O2. The topological polar surface area (TPSA) is 58.7 Å². The molecule has 0 amide bonds. The highest BCUT2D eigenvalue weighted by Gasteiger charge is 2.26. The molecule has 4 heteroatoms. The third kappa shape index (κ3) is 2.62. The first-order valence-corrected chi connectivity index (χ1v) is 7.44. The summed E-state index contributed by atoms with van der Waals surface area (Å²) in [4.78, 5) is 2.33. The van der Waals surface area contributed by atoms with Gasteiger partial charge in [-0.3, -0.25) is 0 Å². The number of ether oxygens (including phenoxy) is 1. The van der Waals surface area contributed by atoms with Gasteiger partial charge in [-0.05, 0) is 23.9 Å². The molecule has 112 valence electrons. The second-order valence-corrected chi connectivity index (χ2v) is 5.63. The zero-order chi connectivity index (χ0) is 14.8. The molecule has 1 heterocycles. The number of benzene rings is 2. The predicted molar refractivity (Wildman–Crippen MR) is 85.5 cm³/mol. The SMILES string of the molecule is CC1COC(CO)CN1c1ccc(CN)c2ccccc12. The van der Waals surface area contributed by atoms with Crippen LogP contribution in [0.25, 0.3) is 10.8 Å². The largest absolute Gasteiger partial charge is 0.394 e. The molecule has 4 nitrogen and oxygen atoms in total. The van der Waals surface area contributed by atoms with E-state index in [1.807, 2.05) is 6.07 Å². The van der Waals surface area contributed by atoms with E-state index >= 15 is 0 Å². The maximum atomic E-state index is 9.37. The molecule has 2 unspecified atom stereocenters. The van der Waals surface area contributed by atoms with E-state index < -0.39 is 0 Å². The van der Waals surface area contributed by atoms with Gasteiger partial charge in [0.1, 0.15) is 0 Å². The third-order valence-corrected chi connectivity index (χ3v) is 4.23. The van der Waals surface area contributed by atoms with Crippen molar-refractivity contribution in [3.05, 3.63) is 42.0 Å². The summed E-state index contributed by atoms with van der Waals surface area (Å²) in [7, 11) is 0. The maximum Gasteiger partial charge on any atom is 0.0981 e. The van der Waals surface area contributed by atoms with E-state index in [1.165, 1.54) is 16.5 Å². The number of nitrogens with two attached hydrogens (primary N) is 1. The number of aliphatic hydroxyl groups is 1. The minimum absolute atomic E-state index is 0.0576. The Morgan fingerprint density at radius 1 is 1.24 bits per heavy atom. The Kier molecular flexibility index (Phi) is 4.10. The van der Waals surface area contributed by atoms with Crippen molar-refractivity contribution in [1.82, 2.24) is 0 Å². The highest BCUT2D eigenvalue weighted by atomic mass is 16.5. The summed E-state index contributed by atoms with van der Waals surface area (Å²) in [6, 6.07) is 12.9. The van der Waals surface area contributed by atoms with Gasteiger partial charge in [0.15, 0.2) is 0 Å². The molecule has 3 rings (SSSR count). The van der Waals surface area contributed by atoms with Gasteiger partial charge < -0.3 is 20.5 Å². The van der Waals surface area contributed by atoms with Gasteiger partial charge >= 0.3 is 0 Å². The summed E-state index contributed by atoms with van der Waals surface area (Å²) < 4.78 is 5.64. The Labute approximate surface area is 125 Å². The Bertz CT molecular complexity index is 629. The van der Waals surface area contributed by atoms with E-state index in [9.17, 15) is 5.11 Å². The average Bonchev–Trinajstić information content (AvgIpc) is 2.54. The Morgan fingerprint density at radius 3 is 2.71 bits per heavy atom. The van der Waals surface area contributed by atoms with Crippen molar-refractivity contribution in [2.45, 2.75) is 25.6 Å². The van der Waals surface area contributed by atoms with Gasteiger partial charge in [-0.15, -0.1) is 0 Å². The lowest BCUT2D eigenvalue weighted by atomic mass is 10.0. The Hall–Kier alpha value is -1.62. The molecule has 2 aromatic rings. The van der Waals surface area contributed by atoms with E-state index in [4.69, 9.17) is 10.5 Å². The first-order chi connectivity index (χ1) is 10.2. The fourth-order valence-corrected chi connectivity index (χ4v) is 3.04. The molecule has 2 aromatic carbocycles. The first-order valence-electron chi connectivity index (χ1n) is 7.44. The van der Waals surface area contributed by atoms with E-state index in [1.54, 1.807) is 0 Å². The lowest BCUT2D eigenvalue weighted by Crippen LogP contribution is -2.49. The summed E-state index contributed by atoms with van der Waals surface area (Å²) in [5, 5.41) is 11.8. The molecule has 1 aliphatic heterocycles. The smallest absolute Gasteiger partial charge is 0.0981 e. The minimum atomic E-state index is -0.117. The van der Waals surface area contributed by atoms with Crippen molar-refractivity contribution in [1.29, 1.82) is 0 Å².